The van der Waals surface area contributed by atoms with Crippen molar-refractivity contribution < 1.29 is 4.79 Å². The molecule has 1 amide bonds. The van der Waals surface area contributed by atoms with Gasteiger partial charge in [-0.05, 0) is 18.9 Å². The van der Waals surface area contributed by atoms with Gasteiger partial charge >= 0.3 is 0 Å². The Labute approximate surface area is 141 Å². The molecular weight excluding hydrogens is 304 g/mol. The molecule has 2 rings (SSSR count). The van der Waals surface area contributed by atoms with E-state index in [1.807, 2.05) is 44.2 Å². The molecule has 1 aromatic carbocycles. The van der Waals surface area contributed by atoms with Gasteiger partial charge in [-0.2, -0.15) is 5.10 Å². The Balaban J connectivity index is 2.20. The first-order chi connectivity index (χ1) is 11.5. The number of aromatic nitrogens is 2. The van der Waals surface area contributed by atoms with E-state index in [0.717, 1.165) is 18.4 Å². The van der Waals surface area contributed by atoms with E-state index >= 15 is 0 Å². The number of nitrogens with two attached hydrogens (primary N) is 1. The van der Waals surface area contributed by atoms with Crippen LogP contribution >= 0.6 is 0 Å². The Bertz CT molecular complexity index is 728. The van der Waals surface area contributed by atoms with Gasteiger partial charge in [0.25, 0.3) is 5.56 Å². The number of hydrogen-bond donors (Lipinski definition) is 2. The molecule has 3 N–H and O–H groups in total. The number of rotatable bonds is 7. The number of carbonyl (C=O) groups excluding carboxylic acids is 1. The monoisotopic (exact) mass is 328 g/mol. The van der Waals surface area contributed by atoms with Crippen LogP contribution in [0.15, 0.2) is 47.3 Å². The van der Waals surface area contributed by atoms with Crippen molar-refractivity contribution in [3.8, 4) is 11.3 Å². The van der Waals surface area contributed by atoms with Crippen molar-refractivity contribution in [2.75, 3.05) is 6.54 Å². The second-order valence-corrected chi connectivity index (χ2v) is 5.82. The maximum atomic E-state index is 12.3. The molecule has 128 valence electrons. The molecule has 0 saturated heterocycles. The lowest BCUT2D eigenvalue weighted by Crippen LogP contribution is -2.54. The Morgan fingerprint density at radius 1 is 1.17 bits per heavy atom. The zero-order chi connectivity index (χ0) is 17.6. The van der Waals surface area contributed by atoms with Crippen molar-refractivity contribution in [3.05, 3.63) is 52.8 Å². The molecule has 0 saturated carbocycles. The molecule has 0 bridgehead atoms. The fraction of sp³-hybridized carbons (Fsp3) is 0.389. The van der Waals surface area contributed by atoms with Gasteiger partial charge in [0.2, 0.25) is 5.91 Å². The van der Waals surface area contributed by atoms with Crippen LogP contribution in [0.2, 0.25) is 0 Å². The average molecular weight is 328 g/mol. The molecule has 6 nitrogen and oxygen atoms in total. The molecule has 2 aromatic rings. The van der Waals surface area contributed by atoms with Crippen LogP contribution in [0.3, 0.4) is 0 Å². The van der Waals surface area contributed by atoms with E-state index in [9.17, 15) is 9.59 Å². The topological polar surface area (TPSA) is 90.0 Å². The molecule has 0 aliphatic rings. The van der Waals surface area contributed by atoms with E-state index in [1.54, 1.807) is 6.07 Å². The quantitative estimate of drug-likeness (QED) is 0.807. The zero-order valence-electron chi connectivity index (χ0n) is 14.2. The third-order valence-corrected chi connectivity index (χ3v) is 4.38. The van der Waals surface area contributed by atoms with Crippen LogP contribution < -0.4 is 16.6 Å². The number of nitrogens with zero attached hydrogens (tertiary/aromatic N) is 2. The summed E-state index contributed by atoms with van der Waals surface area (Å²) in [6, 6.07) is 12.6. The fourth-order valence-electron chi connectivity index (χ4n) is 2.56. The van der Waals surface area contributed by atoms with E-state index in [-0.39, 0.29) is 18.0 Å². The Kier molecular flexibility index (Phi) is 5.87. The molecule has 0 fully saturated rings. The smallest absolute Gasteiger partial charge is 0.267 e. The molecular formula is C18H24N4O2. The first kappa shape index (κ1) is 17.9. The highest BCUT2D eigenvalue weighted by atomic mass is 16.2. The van der Waals surface area contributed by atoms with Gasteiger partial charge in [-0.3, -0.25) is 9.59 Å². The summed E-state index contributed by atoms with van der Waals surface area (Å²) in [6.07, 6.45) is 1.47. The zero-order valence-corrected chi connectivity index (χ0v) is 14.2. The number of nitrogens with one attached hydrogen (secondary N) is 1. The van der Waals surface area contributed by atoms with Crippen LogP contribution in [0.1, 0.15) is 26.7 Å². The van der Waals surface area contributed by atoms with Gasteiger partial charge in [0, 0.05) is 18.2 Å². The van der Waals surface area contributed by atoms with Crippen molar-refractivity contribution >= 4 is 5.91 Å². The SMILES string of the molecule is CCC(CC)(CN)NC(=O)Cn1nc(-c2ccccc2)ccc1=O. The molecule has 1 heterocycles. The van der Waals surface area contributed by atoms with Crippen LogP contribution in [0.5, 0.6) is 0 Å². The van der Waals surface area contributed by atoms with Crippen molar-refractivity contribution in [1.82, 2.24) is 15.1 Å². The molecule has 0 atom stereocenters. The lowest BCUT2D eigenvalue weighted by molar-refractivity contribution is -0.123. The number of carbonyl (C=O) groups is 1. The van der Waals surface area contributed by atoms with Gasteiger partial charge in [-0.25, -0.2) is 4.68 Å². The van der Waals surface area contributed by atoms with Crippen LogP contribution in [0.25, 0.3) is 11.3 Å². The van der Waals surface area contributed by atoms with Crippen LogP contribution in [0.4, 0.5) is 0 Å². The standard InChI is InChI=1S/C18H24N4O2/c1-3-18(4-2,13-19)20-16(23)12-22-17(24)11-10-15(21-22)14-8-6-5-7-9-14/h5-11H,3-4,12-13,19H2,1-2H3,(H,20,23). The summed E-state index contributed by atoms with van der Waals surface area (Å²) >= 11 is 0. The molecule has 0 radical (unpaired) electrons. The van der Waals surface area contributed by atoms with Crippen molar-refractivity contribution in [1.29, 1.82) is 0 Å². The highest BCUT2D eigenvalue weighted by Crippen LogP contribution is 2.15. The minimum Gasteiger partial charge on any atom is -0.348 e. The predicted octanol–water partition coefficient (Wildman–Crippen LogP) is 1.54. The average Bonchev–Trinajstić information content (AvgIpc) is 2.62. The summed E-state index contributed by atoms with van der Waals surface area (Å²) in [6.45, 7) is 4.20. The molecule has 0 aliphatic carbocycles. The minimum absolute atomic E-state index is 0.124. The summed E-state index contributed by atoms with van der Waals surface area (Å²) in [5.41, 5.74) is 6.61. The van der Waals surface area contributed by atoms with Crippen molar-refractivity contribution in [3.63, 3.8) is 0 Å². The van der Waals surface area contributed by atoms with Crippen molar-refractivity contribution in [2.24, 2.45) is 5.73 Å². The number of amides is 1. The molecule has 1 aromatic heterocycles. The van der Waals surface area contributed by atoms with Gasteiger partial charge in [-0.15, -0.1) is 0 Å². The number of hydrogen-bond acceptors (Lipinski definition) is 4. The Morgan fingerprint density at radius 2 is 1.83 bits per heavy atom. The summed E-state index contributed by atoms with van der Waals surface area (Å²) in [4.78, 5) is 24.3. The van der Waals surface area contributed by atoms with Crippen LogP contribution in [0, 0.1) is 0 Å². The molecule has 0 unspecified atom stereocenters. The van der Waals surface area contributed by atoms with Crippen molar-refractivity contribution in [2.45, 2.75) is 38.8 Å². The third-order valence-electron chi connectivity index (χ3n) is 4.38. The molecule has 6 heteroatoms. The maximum absolute atomic E-state index is 12.3. The molecule has 0 aliphatic heterocycles. The second kappa shape index (κ2) is 7.88. The van der Waals surface area contributed by atoms with Gasteiger partial charge in [0.05, 0.1) is 11.2 Å². The lowest BCUT2D eigenvalue weighted by Gasteiger charge is -2.31. The van der Waals surface area contributed by atoms with E-state index in [2.05, 4.69) is 10.4 Å². The third kappa shape index (κ3) is 4.08. The summed E-state index contributed by atoms with van der Waals surface area (Å²) < 4.78 is 1.18. The summed E-state index contributed by atoms with van der Waals surface area (Å²) in [5.74, 6) is -0.260. The number of benzene rings is 1. The summed E-state index contributed by atoms with van der Waals surface area (Å²) in [7, 11) is 0. The summed E-state index contributed by atoms with van der Waals surface area (Å²) in [5, 5.41) is 7.25. The molecule has 24 heavy (non-hydrogen) atoms. The normalized spacial score (nSPS) is 11.3. The van der Waals surface area contributed by atoms with E-state index in [0.29, 0.717) is 12.2 Å². The van der Waals surface area contributed by atoms with E-state index in [4.69, 9.17) is 5.73 Å². The highest BCUT2D eigenvalue weighted by molar-refractivity contribution is 5.76. The largest absolute Gasteiger partial charge is 0.348 e. The van der Waals surface area contributed by atoms with E-state index < -0.39 is 5.54 Å². The van der Waals surface area contributed by atoms with Gasteiger partial charge in [0.15, 0.2) is 0 Å². The maximum Gasteiger partial charge on any atom is 0.267 e. The minimum atomic E-state index is -0.433. The lowest BCUT2D eigenvalue weighted by atomic mass is 9.93. The van der Waals surface area contributed by atoms with Crippen LogP contribution in [-0.2, 0) is 11.3 Å². The first-order valence-electron chi connectivity index (χ1n) is 8.18. The van der Waals surface area contributed by atoms with Gasteiger partial charge in [0.1, 0.15) is 6.54 Å². The van der Waals surface area contributed by atoms with Crippen LogP contribution in [-0.4, -0.2) is 27.8 Å². The Morgan fingerprint density at radius 3 is 2.42 bits per heavy atom. The first-order valence-corrected chi connectivity index (χ1v) is 8.18. The van der Waals surface area contributed by atoms with E-state index in [1.165, 1.54) is 10.7 Å². The van der Waals surface area contributed by atoms with Gasteiger partial charge < -0.3 is 11.1 Å². The highest BCUT2D eigenvalue weighted by Gasteiger charge is 2.26. The molecule has 0 spiro atoms. The Hall–Kier alpha value is -2.47. The second-order valence-electron chi connectivity index (χ2n) is 5.82. The van der Waals surface area contributed by atoms with Gasteiger partial charge in [-0.1, -0.05) is 44.2 Å². The fourth-order valence-corrected chi connectivity index (χ4v) is 2.56. The predicted molar refractivity (Wildman–Crippen MR) is 94.4 cm³/mol.